The summed E-state index contributed by atoms with van der Waals surface area (Å²) in [4.78, 5) is 24.2. The molecule has 1 aromatic carbocycles. The van der Waals surface area contributed by atoms with Crippen molar-refractivity contribution in [3.63, 3.8) is 0 Å². The van der Waals surface area contributed by atoms with Gasteiger partial charge in [0.05, 0.1) is 16.1 Å². The van der Waals surface area contributed by atoms with Crippen LogP contribution in [0, 0.1) is 0 Å². The summed E-state index contributed by atoms with van der Waals surface area (Å²) in [7, 11) is 0. The average Bonchev–Trinajstić information content (AvgIpc) is 3.30. The molecule has 3 aromatic heterocycles. The first-order valence-corrected chi connectivity index (χ1v) is 10.4. The number of nitrogens with one attached hydrogen (secondary N) is 1. The quantitative estimate of drug-likeness (QED) is 0.482. The van der Waals surface area contributed by atoms with E-state index in [4.69, 9.17) is 0 Å². The number of nitrogens with zero attached hydrogens (tertiary/aromatic N) is 3. The SMILES string of the molecule is O=C(NCCN(Cc1ccccn1)Cc1cccc2ncccc12)c1cccs1. The molecule has 1 amide bonds. The summed E-state index contributed by atoms with van der Waals surface area (Å²) in [6, 6.07) is 20.0. The highest BCUT2D eigenvalue weighted by Gasteiger charge is 2.12. The van der Waals surface area contributed by atoms with Crippen molar-refractivity contribution in [3.8, 4) is 0 Å². The third kappa shape index (κ3) is 5.04. The molecule has 4 rings (SSSR count). The molecule has 0 aliphatic heterocycles. The molecular weight excluding hydrogens is 380 g/mol. The van der Waals surface area contributed by atoms with Crippen LogP contribution in [0.3, 0.4) is 0 Å². The van der Waals surface area contributed by atoms with Crippen LogP contribution in [0.25, 0.3) is 10.9 Å². The molecule has 0 radical (unpaired) electrons. The molecule has 4 aromatic rings. The molecule has 0 aliphatic carbocycles. The van der Waals surface area contributed by atoms with Crippen LogP contribution in [0.1, 0.15) is 20.9 Å². The van der Waals surface area contributed by atoms with Crippen LogP contribution in [-0.4, -0.2) is 33.9 Å². The number of fused-ring (bicyclic) bond motifs is 1. The van der Waals surface area contributed by atoms with Crippen molar-refractivity contribution in [2.75, 3.05) is 13.1 Å². The number of hydrogen-bond donors (Lipinski definition) is 1. The Balaban J connectivity index is 1.48. The Labute approximate surface area is 174 Å². The van der Waals surface area contributed by atoms with Gasteiger partial charge in [0.2, 0.25) is 0 Å². The Morgan fingerprint density at radius 3 is 2.69 bits per heavy atom. The minimum atomic E-state index is -0.0212. The molecule has 6 heteroatoms. The lowest BCUT2D eigenvalue weighted by Crippen LogP contribution is -2.34. The van der Waals surface area contributed by atoms with E-state index in [0.717, 1.165) is 34.6 Å². The van der Waals surface area contributed by atoms with E-state index in [1.807, 2.05) is 66.3 Å². The highest BCUT2D eigenvalue weighted by atomic mass is 32.1. The van der Waals surface area contributed by atoms with Gasteiger partial charge >= 0.3 is 0 Å². The highest BCUT2D eigenvalue weighted by molar-refractivity contribution is 7.12. The van der Waals surface area contributed by atoms with Crippen molar-refractivity contribution >= 4 is 28.1 Å². The van der Waals surface area contributed by atoms with Crippen molar-refractivity contribution in [2.45, 2.75) is 13.1 Å². The fraction of sp³-hybridized carbons (Fsp3) is 0.174. The number of carbonyl (C=O) groups excluding carboxylic acids is 1. The molecule has 3 heterocycles. The van der Waals surface area contributed by atoms with E-state index in [2.05, 4.69) is 32.3 Å². The summed E-state index contributed by atoms with van der Waals surface area (Å²) < 4.78 is 0. The Bertz CT molecular complexity index is 1060. The summed E-state index contributed by atoms with van der Waals surface area (Å²) in [5, 5.41) is 6.09. The Morgan fingerprint density at radius 1 is 0.931 bits per heavy atom. The number of thiophene rings is 1. The number of aromatic nitrogens is 2. The topological polar surface area (TPSA) is 58.1 Å². The number of hydrogen-bond acceptors (Lipinski definition) is 5. The summed E-state index contributed by atoms with van der Waals surface area (Å²) >= 11 is 1.45. The molecule has 0 saturated heterocycles. The van der Waals surface area contributed by atoms with Gasteiger partial charge in [0, 0.05) is 44.0 Å². The first-order chi connectivity index (χ1) is 14.3. The van der Waals surface area contributed by atoms with E-state index in [1.54, 1.807) is 0 Å². The van der Waals surface area contributed by atoms with Crippen LogP contribution >= 0.6 is 11.3 Å². The minimum absolute atomic E-state index is 0.0212. The molecule has 0 saturated carbocycles. The Hall–Kier alpha value is -3.09. The van der Waals surface area contributed by atoms with E-state index in [9.17, 15) is 4.79 Å². The Morgan fingerprint density at radius 2 is 1.86 bits per heavy atom. The second-order valence-corrected chi connectivity index (χ2v) is 7.70. The van der Waals surface area contributed by atoms with Crippen molar-refractivity contribution < 1.29 is 4.79 Å². The monoisotopic (exact) mass is 402 g/mol. The van der Waals surface area contributed by atoms with E-state index >= 15 is 0 Å². The maximum absolute atomic E-state index is 12.2. The van der Waals surface area contributed by atoms with Gasteiger partial charge in [0.25, 0.3) is 5.91 Å². The van der Waals surface area contributed by atoms with Gasteiger partial charge in [-0.25, -0.2) is 0 Å². The predicted molar refractivity (Wildman–Crippen MR) is 117 cm³/mol. The maximum Gasteiger partial charge on any atom is 0.261 e. The zero-order chi connectivity index (χ0) is 19.9. The van der Waals surface area contributed by atoms with Crippen LogP contribution in [0.2, 0.25) is 0 Å². The molecule has 29 heavy (non-hydrogen) atoms. The van der Waals surface area contributed by atoms with Crippen LogP contribution in [0.5, 0.6) is 0 Å². The largest absolute Gasteiger partial charge is 0.350 e. The summed E-state index contributed by atoms with van der Waals surface area (Å²) in [6.07, 6.45) is 3.63. The molecule has 0 bridgehead atoms. The van der Waals surface area contributed by atoms with Crippen molar-refractivity contribution in [3.05, 3.63) is 94.6 Å². The molecule has 0 unspecified atom stereocenters. The van der Waals surface area contributed by atoms with E-state index in [0.29, 0.717) is 13.1 Å². The van der Waals surface area contributed by atoms with Crippen molar-refractivity contribution in [1.29, 1.82) is 0 Å². The van der Waals surface area contributed by atoms with Gasteiger partial charge in [0.15, 0.2) is 0 Å². The van der Waals surface area contributed by atoms with Gasteiger partial charge in [-0.3, -0.25) is 19.7 Å². The average molecular weight is 403 g/mol. The van der Waals surface area contributed by atoms with Gasteiger partial charge in [-0.1, -0.05) is 30.3 Å². The molecule has 0 aliphatic rings. The first kappa shape index (κ1) is 19.2. The molecule has 146 valence electrons. The molecular formula is C23H22N4OS. The van der Waals surface area contributed by atoms with Gasteiger partial charge in [-0.2, -0.15) is 0 Å². The van der Waals surface area contributed by atoms with Crippen LogP contribution in [-0.2, 0) is 13.1 Å². The summed E-state index contributed by atoms with van der Waals surface area (Å²) in [5.41, 5.74) is 3.22. The lowest BCUT2D eigenvalue weighted by atomic mass is 10.1. The van der Waals surface area contributed by atoms with E-state index in [-0.39, 0.29) is 5.91 Å². The number of pyridine rings is 2. The minimum Gasteiger partial charge on any atom is -0.350 e. The second kappa shape index (κ2) is 9.41. The van der Waals surface area contributed by atoms with Crippen LogP contribution in [0.15, 0.2) is 78.4 Å². The summed E-state index contributed by atoms with van der Waals surface area (Å²) in [5.74, 6) is -0.0212. The van der Waals surface area contributed by atoms with Gasteiger partial charge in [-0.05, 0) is 41.3 Å². The number of benzene rings is 1. The fourth-order valence-electron chi connectivity index (χ4n) is 3.30. The van der Waals surface area contributed by atoms with E-state index < -0.39 is 0 Å². The zero-order valence-electron chi connectivity index (χ0n) is 16.0. The normalized spacial score (nSPS) is 11.1. The zero-order valence-corrected chi connectivity index (χ0v) is 16.8. The predicted octanol–water partition coefficient (Wildman–Crippen LogP) is 4.12. The first-order valence-electron chi connectivity index (χ1n) is 9.56. The van der Waals surface area contributed by atoms with Crippen LogP contribution < -0.4 is 5.32 Å². The lowest BCUT2D eigenvalue weighted by Gasteiger charge is -2.23. The van der Waals surface area contributed by atoms with Gasteiger partial charge in [0.1, 0.15) is 0 Å². The lowest BCUT2D eigenvalue weighted by molar-refractivity contribution is 0.0951. The van der Waals surface area contributed by atoms with E-state index in [1.165, 1.54) is 16.9 Å². The smallest absolute Gasteiger partial charge is 0.261 e. The van der Waals surface area contributed by atoms with Gasteiger partial charge in [-0.15, -0.1) is 11.3 Å². The summed E-state index contributed by atoms with van der Waals surface area (Å²) in [6.45, 7) is 2.78. The molecule has 5 nitrogen and oxygen atoms in total. The second-order valence-electron chi connectivity index (χ2n) is 6.75. The van der Waals surface area contributed by atoms with Crippen LogP contribution in [0.4, 0.5) is 0 Å². The van der Waals surface area contributed by atoms with Crippen molar-refractivity contribution in [1.82, 2.24) is 20.2 Å². The number of amides is 1. The van der Waals surface area contributed by atoms with Crippen molar-refractivity contribution in [2.24, 2.45) is 0 Å². The molecule has 0 atom stereocenters. The number of rotatable bonds is 8. The number of carbonyl (C=O) groups is 1. The fourth-order valence-corrected chi connectivity index (χ4v) is 3.94. The standard InChI is InChI=1S/C23H22N4OS/c28-23(22-10-5-15-29-22)26-13-14-27(17-19-7-1-2-11-24-19)16-18-6-3-9-21-20(18)8-4-12-25-21/h1-12,15H,13-14,16-17H2,(H,26,28). The molecule has 1 N–H and O–H groups in total. The molecule has 0 spiro atoms. The molecule has 0 fully saturated rings. The maximum atomic E-state index is 12.2. The highest BCUT2D eigenvalue weighted by Crippen LogP contribution is 2.19. The van der Waals surface area contributed by atoms with Gasteiger partial charge < -0.3 is 5.32 Å². The Kier molecular flexibility index (Phi) is 6.24. The third-order valence-electron chi connectivity index (χ3n) is 4.70. The third-order valence-corrected chi connectivity index (χ3v) is 5.57.